The van der Waals surface area contributed by atoms with Gasteiger partial charge in [-0.25, -0.2) is 8.42 Å². The first-order valence-electron chi connectivity index (χ1n) is 9.00. The molecule has 0 N–H and O–H groups in total. The summed E-state index contributed by atoms with van der Waals surface area (Å²) in [7, 11) is -6.09. The molecule has 0 aliphatic carbocycles. The lowest BCUT2D eigenvalue weighted by Gasteiger charge is -2.20. The normalized spacial score (nSPS) is 18.2. The number of hydrogen-bond acceptors (Lipinski definition) is 5. The fourth-order valence-electron chi connectivity index (χ4n) is 3.07. The van der Waals surface area contributed by atoms with Crippen LogP contribution in [0.15, 0.2) is 36.4 Å². The zero-order chi connectivity index (χ0) is 21.7. The number of halogens is 3. The van der Waals surface area contributed by atoms with Gasteiger partial charge in [0, 0.05) is 24.5 Å². The molecule has 1 aliphatic heterocycles. The summed E-state index contributed by atoms with van der Waals surface area (Å²) >= 11 is 1.56. The van der Waals surface area contributed by atoms with E-state index in [0.717, 1.165) is 5.75 Å². The van der Waals surface area contributed by atoms with Crippen molar-refractivity contribution < 1.29 is 35.6 Å². The summed E-state index contributed by atoms with van der Waals surface area (Å²) in [4.78, 5) is 0. The number of rotatable bonds is 5. The Kier molecular flexibility index (Phi) is 8.21. The van der Waals surface area contributed by atoms with E-state index in [-0.39, 0.29) is 6.29 Å². The van der Waals surface area contributed by atoms with Crippen molar-refractivity contribution >= 4 is 32.7 Å². The van der Waals surface area contributed by atoms with E-state index in [2.05, 4.69) is 36.4 Å². The Morgan fingerprint density at radius 2 is 1.90 bits per heavy atom. The Bertz CT molecular complexity index is 910. The van der Waals surface area contributed by atoms with Gasteiger partial charge in [0.25, 0.3) is 0 Å². The van der Waals surface area contributed by atoms with Gasteiger partial charge in [0.2, 0.25) is 0 Å². The predicted molar refractivity (Wildman–Crippen MR) is 107 cm³/mol. The van der Waals surface area contributed by atoms with Crippen LogP contribution in [0.4, 0.5) is 13.2 Å². The molecule has 2 unspecified atom stereocenters. The molecule has 0 spiro atoms. The number of hydrogen-bond donors (Lipinski definition) is 0. The van der Waals surface area contributed by atoms with Gasteiger partial charge in [-0.1, -0.05) is 30.3 Å². The van der Waals surface area contributed by atoms with Gasteiger partial charge in [0.1, 0.15) is 17.3 Å². The summed E-state index contributed by atoms with van der Waals surface area (Å²) in [6.45, 7) is 4.64. The zero-order valence-corrected chi connectivity index (χ0v) is 17.7. The van der Waals surface area contributed by atoms with Crippen LogP contribution >= 0.6 is 0 Å². The second-order valence-electron chi connectivity index (χ2n) is 6.35. The van der Waals surface area contributed by atoms with E-state index in [1.807, 2.05) is 13.8 Å². The molecule has 162 valence electrons. The molecule has 1 saturated heterocycles. The van der Waals surface area contributed by atoms with Gasteiger partial charge in [0.15, 0.2) is 16.4 Å². The summed E-state index contributed by atoms with van der Waals surface area (Å²) in [6, 6.07) is 12.9. The van der Waals surface area contributed by atoms with Crippen LogP contribution in [0.1, 0.15) is 31.7 Å². The van der Waals surface area contributed by atoms with Gasteiger partial charge in [-0.3, -0.25) is 0 Å². The summed E-state index contributed by atoms with van der Waals surface area (Å²) in [5.41, 5.74) is -4.27. The molecule has 5 nitrogen and oxygen atoms in total. The molecule has 0 bridgehead atoms. The van der Waals surface area contributed by atoms with Gasteiger partial charge in [-0.2, -0.15) is 13.2 Å². The fraction of sp³-hybridized carbons (Fsp3) is 0.474. The van der Waals surface area contributed by atoms with Crippen LogP contribution in [0.25, 0.3) is 10.8 Å². The summed E-state index contributed by atoms with van der Waals surface area (Å²) in [5.74, 6) is 4.15. The number of ether oxygens (including phenoxy) is 2. The third-order valence-electron chi connectivity index (χ3n) is 4.30. The maximum absolute atomic E-state index is 10.7. The van der Waals surface area contributed by atoms with E-state index in [0.29, 0.717) is 12.5 Å². The minimum Gasteiger partial charge on any atom is -0.741 e. The average molecular weight is 453 g/mol. The van der Waals surface area contributed by atoms with Gasteiger partial charge < -0.3 is 14.0 Å². The summed E-state index contributed by atoms with van der Waals surface area (Å²) in [6.07, 6.45) is 1.06. The molecule has 0 saturated carbocycles. The van der Waals surface area contributed by atoms with E-state index in [1.165, 1.54) is 34.3 Å². The molecule has 2 atom stereocenters. The second kappa shape index (κ2) is 10.0. The quantitative estimate of drug-likeness (QED) is 0.226. The molecule has 10 heteroatoms. The van der Waals surface area contributed by atoms with Crippen molar-refractivity contribution in [3.8, 4) is 5.75 Å². The Labute approximate surface area is 172 Å². The number of alkyl halides is 3. The first kappa shape index (κ1) is 23.8. The van der Waals surface area contributed by atoms with E-state index in [4.69, 9.17) is 22.4 Å². The lowest BCUT2D eigenvalue weighted by molar-refractivity contribution is -0.0618. The Morgan fingerprint density at radius 3 is 2.45 bits per heavy atom. The average Bonchev–Trinajstić information content (AvgIpc) is 3.14. The Hall–Kier alpha value is -1.49. The predicted octanol–water partition coefficient (Wildman–Crippen LogP) is 3.95. The van der Waals surface area contributed by atoms with Crippen molar-refractivity contribution in [1.29, 1.82) is 0 Å². The summed E-state index contributed by atoms with van der Waals surface area (Å²) < 4.78 is 70.5. The molecule has 1 aliphatic rings. The molecule has 3 rings (SSSR count). The molecular formula is C19H23F3O5S2. The van der Waals surface area contributed by atoms with Crippen LogP contribution in [-0.4, -0.2) is 42.9 Å². The molecule has 0 amide bonds. The van der Waals surface area contributed by atoms with Crippen molar-refractivity contribution in [2.75, 3.05) is 18.1 Å². The van der Waals surface area contributed by atoms with Crippen molar-refractivity contribution in [2.24, 2.45) is 0 Å². The molecular weight excluding hydrogens is 429 g/mol. The number of thiol groups is 1. The first-order valence-corrected chi connectivity index (χ1v) is 11.7. The van der Waals surface area contributed by atoms with E-state index < -0.39 is 15.6 Å². The monoisotopic (exact) mass is 452 g/mol. The third-order valence-corrected chi connectivity index (χ3v) is 6.14. The lowest BCUT2D eigenvalue weighted by atomic mass is 9.92. The largest absolute Gasteiger partial charge is 0.741 e. The minimum absolute atomic E-state index is 0.200. The van der Waals surface area contributed by atoms with E-state index >= 15 is 0 Å². The van der Waals surface area contributed by atoms with Crippen molar-refractivity contribution in [1.82, 2.24) is 0 Å². The highest BCUT2D eigenvalue weighted by molar-refractivity contribution is 7.86. The topological polar surface area (TPSA) is 75.7 Å². The second-order valence-corrected chi connectivity index (χ2v) is 8.99. The molecule has 0 radical (unpaired) electrons. The Morgan fingerprint density at radius 1 is 1.24 bits per heavy atom. The zero-order valence-electron chi connectivity index (χ0n) is 16.0. The first-order chi connectivity index (χ1) is 13.5. The maximum atomic E-state index is 10.7. The van der Waals surface area contributed by atoms with Crippen molar-refractivity contribution in [2.45, 2.75) is 38.0 Å². The van der Waals surface area contributed by atoms with Gasteiger partial charge in [-0.15, -0.1) is 0 Å². The van der Waals surface area contributed by atoms with Crippen LogP contribution in [0.2, 0.25) is 0 Å². The standard InChI is InChI=1S/C18H22O2S.CHF3O3S/c1-3-19-13(2)20-17-9-8-14-6-4-5-7-16(14)18(17)15-10-11-21-12-15;2-1(3,4)8(5,6)7/h4-9,13,15H,3,10-12H2,1-2H3;(H,5,6,7). The van der Waals surface area contributed by atoms with Crippen molar-refractivity contribution in [3.63, 3.8) is 0 Å². The molecule has 2 aromatic rings. The Balaban J connectivity index is 0.000000321. The van der Waals surface area contributed by atoms with Gasteiger partial charge in [0.05, 0.1) is 0 Å². The van der Waals surface area contributed by atoms with Crippen LogP contribution in [0, 0.1) is 0 Å². The smallest absolute Gasteiger partial charge is 0.485 e. The maximum Gasteiger partial charge on any atom is 0.485 e. The highest BCUT2D eigenvalue weighted by atomic mass is 32.2. The molecule has 1 heterocycles. The van der Waals surface area contributed by atoms with Gasteiger partial charge in [-0.05, 0) is 42.4 Å². The van der Waals surface area contributed by atoms with Crippen LogP contribution in [-0.2, 0) is 26.6 Å². The number of fused-ring (bicyclic) bond motifs is 1. The molecule has 2 aromatic carbocycles. The van der Waals surface area contributed by atoms with Crippen LogP contribution in [0.5, 0.6) is 5.75 Å². The summed E-state index contributed by atoms with van der Waals surface area (Å²) in [5, 5.41) is 2.63. The van der Waals surface area contributed by atoms with Crippen LogP contribution < -0.4 is 4.74 Å². The van der Waals surface area contributed by atoms with Crippen molar-refractivity contribution in [3.05, 3.63) is 42.0 Å². The SMILES string of the molecule is CCOC(C)Oc1ccc2ccccc2c1C1CC[SH+]C1.O=S(=O)([O-])C(F)(F)F. The molecule has 29 heavy (non-hydrogen) atoms. The number of benzene rings is 2. The van der Waals surface area contributed by atoms with E-state index in [1.54, 1.807) is 11.8 Å². The molecule has 0 aromatic heterocycles. The third kappa shape index (κ3) is 6.50. The lowest BCUT2D eigenvalue weighted by Crippen LogP contribution is -2.21. The van der Waals surface area contributed by atoms with E-state index in [9.17, 15) is 13.2 Å². The van der Waals surface area contributed by atoms with Gasteiger partial charge >= 0.3 is 5.51 Å². The highest BCUT2D eigenvalue weighted by Gasteiger charge is 2.37. The van der Waals surface area contributed by atoms with Crippen LogP contribution in [0.3, 0.4) is 0 Å². The molecule has 1 fully saturated rings. The fourth-order valence-corrected chi connectivity index (χ4v) is 4.42. The highest BCUT2D eigenvalue weighted by Crippen LogP contribution is 2.38. The minimum atomic E-state index is -6.09.